The SMILES string of the molecule is COc1ccccc1CN(C)C(=O)C1CCN(S(=O)(=O)c2cccs2)CC1. The van der Waals surface area contributed by atoms with Gasteiger partial charge in [-0.2, -0.15) is 4.31 Å². The Morgan fingerprint density at radius 3 is 2.56 bits per heavy atom. The molecule has 6 nitrogen and oxygen atoms in total. The molecule has 1 amide bonds. The third-order valence-corrected chi connectivity index (χ3v) is 8.14. The summed E-state index contributed by atoms with van der Waals surface area (Å²) in [7, 11) is -0.0384. The highest BCUT2D eigenvalue weighted by Gasteiger charge is 2.33. The van der Waals surface area contributed by atoms with Crippen LogP contribution in [0.25, 0.3) is 0 Å². The molecular weight excluding hydrogens is 384 g/mol. The number of nitrogens with zero attached hydrogens (tertiary/aromatic N) is 2. The summed E-state index contributed by atoms with van der Waals surface area (Å²) in [5.41, 5.74) is 0.952. The van der Waals surface area contributed by atoms with Crippen LogP contribution in [0.1, 0.15) is 18.4 Å². The van der Waals surface area contributed by atoms with E-state index < -0.39 is 10.0 Å². The first kappa shape index (κ1) is 19.9. The number of carbonyl (C=O) groups excluding carboxylic acids is 1. The number of sulfonamides is 1. The molecule has 2 heterocycles. The third kappa shape index (κ3) is 4.34. The Morgan fingerprint density at radius 2 is 1.93 bits per heavy atom. The van der Waals surface area contributed by atoms with Gasteiger partial charge < -0.3 is 9.64 Å². The first-order chi connectivity index (χ1) is 12.9. The number of thiophene rings is 1. The zero-order valence-corrected chi connectivity index (χ0v) is 17.1. The van der Waals surface area contributed by atoms with Crippen molar-refractivity contribution >= 4 is 27.3 Å². The van der Waals surface area contributed by atoms with E-state index in [1.807, 2.05) is 24.3 Å². The minimum absolute atomic E-state index is 0.0501. The van der Waals surface area contributed by atoms with Crippen molar-refractivity contribution in [1.82, 2.24) is 9.21 Å². The first-order valence-corrected chi connectivity index (χ1v) is 11.2. The van der Waals surface area contributed by atoms with Gasteiger partial charge in [0.2, 0.25) is 5.91 Å². The number of piperidine rings is 1. The summed E-state index contributed by atoms with van der Waals surface area (Å²) >= 11 is 1.22. The molecule has 0 spiro atoms. The van der Waals surface area contributed by atoms with Gasteiger partial charge in [0.1, 0.15) is 9.96 Å². The lowest BCUT2D eigenvalue weighted by molar-refractivity contribution is -0.135. The fourth-order valence-electron chi connectivity index (χ4n) is 3.36. The molecule has 3 rings (SSSR count). The van der Waals surface area contributed by atoms with Crippen LogP contribution in [0.4, 0.5) is 0 Å². The topological polar surface area (TPSA) is 66.9 Å². The van der Waals surface area contributed by atoms with E-state index in [9.17, 15) is 13.2 Å². The molecule has 1 aliphatic rings. The van der Waals surface area contributed by atoms with Crippen molar-refractivity contribution < 1.29 is 17.9 Å². The number of para-hydroxylation sites is 1. The summed E-state index contributed by atoms with van der Waals surface area (Å²) in [4.78, 5) is 14.5. The van der Waals surface area contributed by atoms with Crippen molar-refractivity contribution in [2.45, 2.75) is 23.6 Å². The number of hydrogen-bond donors (Lipinski definition) is 0. The van der Waals surface area contributed by atoms with Crippen LogP contribution in [0.15, 0.2) is 46.0 Å². The van der Waals surface area contributed by atoms with Gasteiger partial charge in [0.25, 0.3) is 10.0 Å². The maximum Gasteiger partial charge on any atom is 0.252 e. The number of benzene rings is 1. The molecule has 0 saturated carbocycles. The molecule has 2 aromatic rings. The van der Waals surface area contributed by atoms with Crippen molar-refractivity contribution in [1.29, 1.82) is 0 Å². The minimum Gasteiger partial charge on any atom is -0.496 e. The lowest BCUT2D eigenvalue weighted by Crippen LogP contribution is -2.43. The smallest absolute Gasteiger partial charge is 0.252 e. The van der Waals surface area contributed by atoms with Crippen LogP contribution in [-0.4, -0.2) is 50.8 Å². The quantitative estimate of drug-likeness (QED) is 0.737. The van der Waals surface area contributed by atoms with Gasteiger partial charge in [-0.05, 0) is 30.4 Å². The third-order valence-electron chi connectivity index (χ3n) is 4.87. The molecule has 0 bridgehead atoms. The normalized spacial score (nSPS) is 16.2. The van der Waals surface area contributed by atoms with Crippen molar-refractivity contribution in [2.75, 3.05) is 27.2 Å². The van der Waals surface area contributed by atoms with E-state index in [0.29, 0.717) is 36.7 Å². The lowest BCUT2D eigenvalue weighted by atomic mass is 9.96. The molecular formula is C19H24N2O4S2. The molecule has 0 radical (unpaired) electrons. The molecule has 0 atom stereocenters. The number of amides is 1. The van der Waals surface area contributed by atoms with Crippen molar-refractivity contribution in [3.05, 3.63) is 47.3 Å². The second kappa shape index (κ2) is 8.41. The monoisotopic (exact) mass is 408 g/mol. The van der Waals surface area contributed by atoms with Crippen LogP contribution >= 0.6 is 11.3 Å². The maximum atomic E-state index is 12.8. The van der Waals surface area contributed by atoms with Crippen LogP contribution in [0.2, 0.25) is 0 Å². The highest BCUT2D eigenvalue weighted by atomic mass is 32.2. The molecule has 0 aliphatic carbocycles. The molecule has 27 heavy (non-hydrogen) atoms. The second-order valence-corrected chi connectivity index (χ2v) is 9.73. The van der Waals surface area contributed by atoms with E-state index in [2.05, 4.69) is 0 Å². The maximum absolute atomic E-state index is 12.8. The Bertz CT molecular complexity index is 873. The van der Waals surface area contributed by atoms with Crippen LogP contribution in [0.3, 0.4) is 0 Å². The summed E-state index contributed by atoms with van der Waals surface area (Å²) in [6, 6.07) is 11.0. The average molecular weight is 409 g/mol. The zero-order chi connectivity index (χ0) is 19.4. The molecule has 1 aromatic carbocycles. The van der Waals surface area contributed by atoms with Gasteiger partial charge in [-0.25, -0.2) is 8.42 Å². The van der Waals surface area contributed by atoms with E-state index in [1.165, 1.54) is 15.6 Å². The predicted molar refractivity (Wildman–Crippen MR) is 105 cm³/mol. The summed E-state index contributed by atoms with van der Waals surface area (Å²) in [6.45, 7) is 1.22. The van der Waals surface area contributed by atoms with Gasteiger partial charge in [0.05, 0.1) is 7.11 Å². The number of ether oxygens (including phenoxy) is 1. The molecule has 1 aromatic heterocycles. The van der Waals surface area contributed by atoms with Crippen molar-refractivity contribution in [3.8, 4) is 5.75 Å². The minimum atomic E-state index is -3.44. The molecule has 0 unspecified atom stereocenters. The summed E-state index contributed by atoms with van der Waals surface area (Å²) in [5, 5.41) is 1.76. The van der Waals surface area contributed by atoms with Gasteiger partial charge in [0, 0.05) is 38.2 Å². The Morgan fingerprint density at radius 1 is 1.22 bits per heavy atom. The number of carbonyl (C=O) groups is 1. The van der Waals surface area contributed by atoms with Gasteiger partial charge in [-0.1, -0.05) is 24.3 Å². The summed E-state index contributed by atoms with van der Waals surface area (Å²) in [6.07, 6.45) is 1.08. The second-order valence-electron chi connectivity index (χ2n) is 6.62. The Labute approximate surface area is 164 Å². The van der Waals surface area contributed by atoms with E-state index >= 15 is 0 Å². The molecule has 1 aliphatic heterocycles. The first-order valence-electron chi connectivity index (χ1n) is 8.84. The highest BCUT2D eigenvalue weighted by molar-refractivity contribution is 7.91. The number of hydrogen-bond acceptors (Lipinski definition) is 5. The molecule has 1 fully saturated rings. The van der Waals surface area contributed by atoms with Crippen molar-refractivity contribution in [2.24, 2.45) is 5.92 Å². The largest absolute Gasteiger partial charge is 0.496 e. The highest BCUT2D eigenvalue weighted by Crippen LogP contribution is 2.28. The van der Waals surface area contributed by atoms with Gasteiger partial charge in [-0.15, -0.1) is 11.3 Å². The van der Waals surface area contributed by atoms with Crippen LogP contribution < -0.4 is 4.74 Å². The van der Waals surface area contributed by atoms with Crippen LogP contribution in [0, 0.1) is 5.92 Å². The Kier molecular flexibility index (Phi) is 6.18. The van der Waals surface area contributed by atoms with E-state index in [1.54, 1.807) is 36.6 Å². The van der Waals surface area contributed by atoms with Crippen molar-refractivity contribution in [3.63, 3.8) is 0 Å². The summed E-state index contributed by atoms with van der Waals surface area (Å²) in [5.74, 6) is 0.655. The van der Waals surface area contributed by atoms with Crippen LogP contribution in [-0.2, 0) is 21.4 Å². The Hall–Kier alpha value is -1.90. The number of rotatable bonds is 6. The molecule has 0 N–H and O–H groups in total. The van der Waals surface area contributed by atoms with Gasteiger partial charge in [-0.3, -0.25) is 4.79 Å². The number of methoxy groups -OCH3 is 1. The predicted octanol–water partition coefficient (Wildman–Crippen LogP) is 2.82. The standard InChI is InChI=1S/C19H24N2O4S2/c1-20(14-16-6-3-4-7-17(16)25-2)19(22)15-9-11-21(12-10-15)27(23,24)18-8-5-13-26-18/h3-8,13,15H,9-12,14H2,1-2H3. The van der Waals surface area contributed by atoms with E-state index in [-0.39, 0.29) is 11.8 Å². The van der Waals surface area contributed by atoms with Crippen LogP contribution in [0.5, 0.6) is 5.75 Å². The molecule has 1 saturated heterocycles. The van der Waals surface area contributed by atoms with Gasteiger partial charge in [0.15, 0.2) is 0 Å². The lowest BCUT2D eigenvalue weighted by Gasteiger charge is -2.32. The molecule has 146 valence electrons. The van der Waals surface area contributed by atoms with Gasteiger partial charge >= 0.3 is 0 Å². The average Bonchev–Trinajstić information content (AvgIpc) is 3.23. The fraction of sp³-hybridized carbons (Fsp3) is 0.421. The summed E-state index contributed by atoms with van der Waals surface area (Å²) < 4.78 is 32.4. The Balaban J connectivity index is 1.60. The molecule has 8 heteroatoms. The van der Waals surface area contributed by atoms with E-state index in [0.717, 1.165) is 11.3 Å². The fourth-order valence-corrected chi connectivity index (χ4v) is 5.97. The van der Waals surface area contributed by atoms with E-state index in [4.69, 9.17) is 4.74 Å². The zero-order valence-electron chi connectivity index (χ0n) is 15.5.